The summed E-state index contributed by atoms with van der Waals surface area (Å²) in [5, 5.41) is 7.81. The maximum Gasteiger partial charge on any atom is 0.0738 e. The highest BCUT2D eigenvalue weighted by atomic mass is 35.5. The second kappa shape index (κ2) is 5.61. The van der Waals surface area contributed by atoms with Crippen molar-refractivity contribution in [3.05, 3.63) is 11.9 Å². The van der Waals surface area contributed by atoms with Gasteiger partial charge in [0.1, 0.15) is 0 Å². The number of aryl methyl sites for hydroxylation is 1. The van der Waals surface area contributed by atoms with Crippen molar-refractivity contribution < 1.29 is 0 Å². The van der Waals surface area contributed by atoms with Crippen LogP contribution in [0.1, 0.15) is 19.0 Å². The fourth-order valence-electron chi connectivity index (χ4n) is 2.08. The van der Waals surface area contributed by atoms with E-state index in [1.807, 2.05) is 17.9 Å². The molecule has 1 aromatic rings. The second-order valence-electron chi connectivity index (χ2n) is 4.51. The Morgan fingerprint density at radius 3 is 2.88 bits per heavy atom. The molecule has 2 rings (SSSR count). The maximum atomic E-state index is 5.99. The number of rotatable bonds is 2. The van der Waals surface area contributed by atoms with Crippen molar-refractivity contribution in [2.75, 3.05) is 13.1 Å². The Bertz CT molecular complexity index is 327. The van der Waals surface area contributed by atoms with E-state index in [2.05, 4.69) is 22.1 Å². The van der Waals surface area contributed by atoms with Crippen LogP contribution in [0.4, 0.5) is 0 Å². The Hall–Kier alpha value is -0.650. The van der Waals surface area contributed by atoms with Crippen molar-refractivity contribution in [3.63, 3.8) is 0 Å². The molecule has 2 unspecified atom stereocenters. The van der Waals surface area contributed by atoms with Gasteiger partial charge in [-0.1, -0.05) is 12.1 Å². The van der Waals surface area contributed by atoms with Crippen LogP contribution in [0.15, 0.2) is 6.20 Å². The summed E-state index contributed by atoms with van der Waals surface area (Å²) in [5.74, 6) is 0.583. The molecular formula is C10H20ClN5. The van der Waals surface area contributed by atoms with Crippen LogP contribution >= 0.6 is 12.4 Å². The van der Waals surface area contributed by atoms with Crippen molar-refractivity contribution in [2.24, 2.45) is 18.7 Å². The normalized spacial score (nSPS) is 26.4. The predicted molar refractivity (Wildman–Crippen MR) is 65.3 cm³/mol. The summed E-state index contributed by atoms with van der Waals surface area (Å²) >= 11 is 0. The smallest absolute Gasteiger partial charge is 0.0738 e. The number of piperidine rings is 1. The number of likely N-dealkylation sites (tertiary alicyclic amines) is 1. The average Bonchev–Trinajstić information content (AvgIpc) is 2.59. The molecule has 2 atom stereocenters. The zero-order valence-corrected chi connectivity index (χ0v) is 10.7. The van der Waals surface area contributed by atoms with Crippen molar-refractivity contribution in [2.45, 2.75) is 25.9 Å². The lowest BCUT2D eigenvalue weighted by molar-refractivity contribution is 0.154. The summed E-state index contributed by atoms with van der Waals surface area (Å²) in [7, 11) is 1.93. The molecule has 92 valence electrons. The van der Waals surface area contributed by atoms with Crippen LogP contribution in [0.25, 0.3) is 0 Å². The molecule has 2 heterocycles. The van der Waals surface area contributed by atoms with Crippen LogP contribution in [0.5, 0.6) is 0 Å². The van der Waals surface area contributed by atoms with Crippen LogP contribution < -0.4 is 5.73 Å². The molecule has 0 saturated carbocycles. The highest BCUT2D eigenvalue weighted by molar-refractivity contribution is 5.85. The monoisotopic (exact) mass is 245 g/mol. The van der Waals surface area contributed by atoms with Gasteiger partial charge in [-0.3, -0.25) is 9.58 Å². The highest BCUT2D eigenvalue weighted by Crippen LogP contribution is 2.16. The van der Waals surface area contributed by atoms with Crippen LogP contribution in [0, 0.1) is 5.92 Å². The van der Waals surface area contributed by atoms with Crippen molar-refractivity contribution >= 4 is 12.4 Å². The van der Waals surface area contributed by atoms with E-state index in [1.54, 1.807) is 0 Å². The van der Waals surface area contributed by atoms with Crippen LogP contribution in [0.3, 0.4) is 0 Å². The summed E-state index contributed by atoms with van der Waals surface area (Å²) < 4.78 is 1.83. The van der Waals surface area contributed by atoms with Crippen molar-refractivity contribution in [3.8, 4) is 0 Å². The minimum Gasteiger partial charge on any atom is -0.327 e. The molecule has 5 nitrogen and oxygen atoms in total. The van der Waals surface area contributed by atoms with Gasteiger partial charge in [0.25, 0.3) is 0 Å². The fourth-order valence-corrected chi connectivity index (χ4v) is 2.08. The van der Waals surface area contributed by atoms with E-state index in [-0.39, 0.29) is 12.4 Å². The summed E-state index contributed by atoms with van der Waals surface area (Å²) in [5.41, 5.74) is 7.15. The number of aromatic nitrogens is 3. The Balaban J connectivity index is 0.00000128. The van der Waals surface area contributed by atoms with E-state index >= 15 is 0 Å². The maximum absolute atomic E-state index is 5.99. The molecule has 16 heavy (non-hydrogen) atoms. The van der Waals surface area contributed by atoms with Gasteiger partial charge in [0.05, 0.1) is 11.9 Å². The Morgan fingerprint density at radius 1 is 1.56 bits per heavy atom. The van der Waals surface area contributed by atoms with Gasteiger partial charge >= 0.3 is 0 Å². The third-order valence-electron chi connectivity index (χ3n) is 3.25. The first-order valence-corrected chi connectivity index (χ1v) is 5.48. The van der Waals surface area contributed by atoms with Crippen molar-refractivity contribution in [1.82, 2.24) is 19.9 Å². The first-order valence-electron chi connectivity index (χ1n) is 5.48. The lowest BCUT2D eigenvalue weighted by atomic mass is 9.95. The largest absolute Gasteiger partial charge is 0.327 e. The van der Waals surface area contributed by atoms with Gasteiger partial charge in [0, 0.05) is 32.7 Å². The average molecular weight is 246 g/mol. The molecule has 0 bridgehead atoms. The molecule has 1 fully saturated rings. The Kier molecular flexibility index (Phi) is 4.70. The van der Waals surface area contributed by atoms with E-state index in [0.717, 1.165) is 31.7 Å². The van der Waals surface area contributed by atoms with E-state index in [0.29, 0.717) is 12.0 Å². The highest BCUT2D eigenvalue weighted by Gasteiger charge is 2.23. The molecule has 0 aromatic carbocycles. The van der Waals surface area contributed by atoms with Gasteiger partial charge in [-0.15, -0.1) is 17.5 Å². The third-order valence-corrected chi connectivity index (χ3v) is 3.25. The summed E-state index contributed by atoms with van der Waals surface area (Å²) in [6.07, 6.45) is 2.92. The minimum absolute atomic E-state index is 0. The first kappa shape index (κ1) is 13.4. The number of nitrogens with zero attached hydrogens (tertiary/aromatic N) is 4. The van der Waals surface area contributed by atoms with Crippen LogP contribution in [0.2, 0.25) is 0 Å². The van der Waals surface area contributed by atoms with Crippen molar-refractivity contribution in [1.29, 1.82) is 0 Å². The quantitative estimate of drug-likeness (QED) is 0.820. The van der Waals surface area contributed by atoms with Crippen LogP contribution in [-0.2, 0) is 13.6 Å². The summed E-state index contributed by atoms with van der Waals surface area (Å²) in [4.78, 5) is 2.42. The van der Waals surface area contributed by atoms with Gasteiger partial charge in [-0.25, -0.2) is 0 Å². The topological polar surface area (TPSA) is 60.0 Å². The van der Waals surface area contributed by atoms with Gasteiger partial charge in [-0.05, 0) is 12.3 Å². The zero-order chi connectivity index (χ0) is 10.8. The second-order valence-corrected chi connectivity index (χ2v) is 4.51. The predicted octanol–water partition coefficient (Wildman–Crippen LogP) is 0.406. The minimum atomic E-state index is 0. The molecule has 0 spiro atoms. The first-order chi connectivity index (χ1) is 7.16. The third kappa shape index (κ3) is 2.93. The number of hydrogen-bond acceptors (Lipinski definition) is 4. The molecule has 0 amide bonds. The molecule has 6 heteroatoms. The van der Waals surface area contributed by atoms with E-state index in [4.69, 9.17) is 5.73 Å². The number of nitrogens with two attached hydrogens (primary N) is 1. The molecule has 2 N–H and O–H groups in total. The molecule has 0 radical (unpaired) electrons. The van der Waals surface area contributed by atoms with E-state index in [1.165, 1.54) is 0 Å². The number of halogens is 1. The fraction of sp³-hybridized carbons (Fsp3) is 0.800. The standard InChI is InChI=1S/C10H19N5.ClH/c1-8-6-15(4-3-10(8)11)7-9-5-12-13-14(9)2;/h5,8,10H,3-4,6-7,11H2,1-2H3;1H. The lowest BCUT2D eigenvalue weighted by Crippen LogP contribution is -2.45. The Labute approximate surface area is 102 Å². The summed E-state index contributed by atoms with van der Waals surface area (Å²) in [6, 6.07) is 0.367. The van der Waals surface area contributed by atoms with Crippen LogP contribution in [-0.4, -0.2) is 39.0 Å². The zero-order valence-electron chi connectivity index (χ0n) is 9.83. The molecule has 1 aliphatic rings. The molecular weight excluding hydrogens is 226 g/mol. The lowest BCUT2D eigenvalue weighted by Gasteiger charge is -2.34. The molecule has 1 saturated heterocycles. The molecule has 1 aliphatic heterocycles. The van der Waals surface area contributed by atoms with Gasteiger partial charge in [-0.2, -0.15) is 0 Å². The molecule has 1 aromatic heterocycles. The number of hydrogen-bond donors (Lipinski definition) is 1. The van der Waals surface area contributed by atoms with Gasteiger partial charge in [0.2, 0.25) is 0 Å². The summed E-state index contributed by atoms with van der Waals surface area (Å²) in [6.45, 7) is 5.31. The van der Waals surface area contributed by atoms with Gasteiger partial charge < -0.3 is 5.73 Å². The molecule has 0 aliphatic carbocycles. The SMILES string of the molecule is CC1CN(Cc2cnnn2C)CCC1N.Cl. The van der Waals surface area contributed by atoms with E-state index < -0.39 is 0 Å². The van der Waals surface area contributed by atoms with Gasteiger partial charge in [0.15, 0.2) is 0 Å². The van der Waals surface area contributed by atoms with E-state index in [9.17, 15) is 0 Å². The Morgan fingerprint density at radius 2 is 2.31 bits per heavy atom.